The molecule has 0 radical (unpaired) electrons. The zero-order chi connectivity index (χ0) is 9.97. The van der Waals surface area contributed by atoms with Crippen LogP contribution in [0.1, 0.15) is 11.3 Å². The van der Waals surface area contributed by atoms with Crippen LogP contribution in [0.15, 0.2) is 0 Å². The summed E-state index contributed by atoms with van der Waals surface area (Å²) >= 11 is 5.39. The van der Waals surface area contributed by atoms with Gasteiger partial charge < -0.3 is 10.6 Å². The highest BCUT2D eigenvalue weighted by atomic mass is 35.5. The molecule has 0 spiro atoms. The summed E-state index contributed by atoms with van der Waals surface area (Å²) < 4.78 is 0. The maximum atomic E-state index is 11.1. The highest BCUT2D eigenvalue weighted by Crippen LogP contribution is 2.19. The molecular weight excluding hydrogens is 204 g/mol. The summed E-state index contributed by atoms with van der Waals surface area (Å²) in [6.07, 6.45) is 0.879. The first-order chi connectivity index (χ1) is 6.81. The highest BCUT2D eigenvalue weighted by Gasteiger charge is 2.17. The van der Waals surface area contributed by atoms with Crippen LogP contribution in [0.2, 0.25) is 0 Å². The Morgan fingerprint density at radius 2 is 2.50 bits per heavy atom. The lowest BCUT2D eigenvalue weighted by Crippen LogP contribution is -2.24. The molecule has 0 aromatic carbocycles. The first-order valence-electron chi connectivity index (χ1n) is 4.44. The summed E-state index contributed by atoms with van der Waals surface area (Å²) in [6, 6.07) is 0. The van der Waals surface area contributed by atoms with Crippen molar-refractivity contribution in [1.82, 2.24) is 15.5 Å². The number of hydrogen-bond acceptors (Lipinski definition) is 3. The number of halogens is 1. The number of carbonyl (C=O) groups excluding carboxylic acids is 1. The maximum absolute atomic E-state index is 11.1. The molecule has 1 aromatic heterocycles. The van der Waals surface area contributed by atoms with Crippen LogP contribution in [0.25, 0.3) is 0 Å². The van der Waals surface area contributed by atoms with E-state index in [0.717, 1.165) is 30.8 Å². The standard InChI is InChI=1S/C8H11ClN4O/c9-3-7(14)11-8-5-1-2-10-4-6(5)12-13-8/h10H,1-4H2,(H2,11,12,13,14). The molecule has 0 saturated carbocycles. The Balaban J connectivity index is 2.18. The van der Waals surface area contributed by atoms with Crippen LogP contribution in [0.5, 0.6) is 0 Å². The van der Waals surface area contributed by atoms with Crippen LogP contribution in [0.3, 0.4) is 0 Å². The minimum atomic E-state index is -0.223. The van der Waals surface area contributed by atoms with E-state index in [-0.39, 0.29) is 11.8 Å². The van der Waals surface area contributed by atoms with Crippen LogP contribution in [0.4, 0.5) is 5.82 Å². The molecule has 6 heteroatoms. The summed E-state index contributed by atoms with van der Waals surface area (Å²) in [5.41, 5.74) is 2.13. The van der Waals surface area contributed by atoms with Crippen LogP contribution >= 0.6 is 11.6 Å². The zero-order valence-electron chi connectivity index (χ0n) is 7.56. The molecule has 0 saturated heterocycles. The van der Waals surface area contributed by atoms with E-state index in [9.17, 15) is 4.79 Å². The average molecular weight is 215 g/mol. The third-order valence-electron chi connectivity index (χ3n) is 2.19. The summed E-state index contributed by atoms with van der Waals surface area (Å²) in [6.45, 7) is 1.69. The van der Waals surface area contributed by atoms with E-state index in [2.05, 4.69) is 20.8 Å². The van der Waals surface area contributed by atoms with Gasteiger partial charge in [0.05, 0.1) is 5.69 Å². The molecule has 0 aliphatic carbocycles. The number of nitrogens with zero attached hydrogens (tertiary/aromatic N) is 1. The van der Waals surface area contributed by atoms with Crippen molar-refractivity contribution in [1.29, 1.82) is 0 Å². The Labute approximate surface area is 86.2 Å². The molecule has 76 valence electrons. The van der Waals surface area contributed by atoms with Gasteiger partial charge in [-0.15, -0.1) is 11.6 Å². The number of fused-ring (bicyclic) bond motifs is 1. The molecule has 0 unspecified atom stereocenters. The Hall–Kier alpha value is -1.07. The number of nitrogens with one attached hydrogen (secondary N) is 3. The van der Waals surface area contributed by atoms with Crippen molar-refractivity contribution in [2.75, 3.05) is 17.7 Å². The molecule has 0 bridgehead atoms. The lowest BCUT2D eigenvalue weighted by molar-refractivity contribution is -0.113. The number of H-pyrrole nitrogens is 1. The van der Waals surface area contributed by atoms with Gasteiger partial charge in [0.1, 0.15) is 5.88 Å². The van der Waals surface area contributed by atoms with Gasteiger partial charge in [-0.25, -0.2) is 0 Å². The van der Waals surface area contributed by atoms with Gasteiger partial charge in [0.15, 0.2) is 5.82 Å². The number of aromatic nitrogens is 2. The van der Waals surface area contributed by atoms with E-state index in [1.165, 1.54) is 0 Å². The van der Waals surface area contributed by atoms with Crippen molar-refractivity contribution in [2.24, 2.45) is 0 Å². The normalized spacial score (nSPS) is 14.9. The smallest absolute Gasteiger partial charge is 0.240 e. The third kappa shape index (κ3) is 1.73. The number of aromatic amines is 1. The molecule has 14 heavy (non-hydrogen) atoms. The molecule has 3 N–H and O–H groups in total. The van der Waals surface area contributed by atoms with E-state index in [0.29, 0.717) is 5.82 Å². The molecule has 5 nitrogen and oxygen atoms in total. The third-order valence-corrected chi connectivity index (χ3v) is 2.43. The van der Waals surface area contributed by atoms with E-state index >= 15 is 0 Å². The Morgan fingerprint density at radius 3 is 3.29 bits per heavy atom. The number of anilines is 1. The van der Waals surface area contributed by atoms with E-state index < -0.39 is 0 Å². The fraction of sp³-hybridized carbons (Fsp3) is 0.500. The molecule has 1 aliphatic rings. The molecule has 2 rings (SSSR count). The first kappa shape index (κ1) is 9.48. The van der Waals surface area contributed by atoms with Crippen LogP contribution < -0.4 is 10.6 Å². The fourth-order valence-electron chi connectivity index (χ4n) is 1.51. The predicted octanol–water partition coefficient (Wildman–Crippen LogP) is 0.233. The number of amides is 1. The quantitative estimate of drug-likeness (QED) is 0.618. The molecule has 1 amide bonds. The number of rotatable bonds is 2. The van der Waals surface area contributed by atoms with Gasteiger partial charge in [-0.05, 0) is 13.0 Å². The van der Waals surface area contributed by atoms with E-state index in [1.54, 1.807) is 0 Å². The largest absolute Gasteiger partial charge is 0.311 e. The second kappa shape index (κ2) is 3.98. The second-order valence-corrected chi connectivity index (χ2v) is 3.41. The molecule has 1 aromatic rings. The van der Waals surface area contributed by atoms with Crippen LogP contribution in [0, 0.1) is 0 Å². The Kier molecular flexibility index (Phi) is 2.69. The number of alkyl halides is 1. The lowest BCUT2D eigenvalue weighted by Gasteiger charge is -2.12. The average Bonchev–Trinajstić information content (AvgIpc) is 2.62. The Bertz CT molecular complexity index is 349. The van der Waals surface area contributed by atoms with Crippen molar-refractivity contribution in [3.63, 3.8) is 0 Å². The van der Waals surface area contributed by atoms with Gasteiger partial charge in [0.2, 0.25) is 5.91 Å². The summed E-state index contributed by atoms with van der Waals surface area (Å²) in [5.74, 6) is 0.353. The molecule has 0 atom stereocenters. The van der Waals surface area contributed by atoms with Gasteiger partial charge in [-0.1, -0.05) is 0 Å². The zero-order valence-corrected chi connectivity index (χ0v) is 8.32. The van der Waals surface area contributed by atoms with E-state index in [1.807, 2.05) is 0 Å². The molecular formula is C8H11ClN4O. The number of hydrogen-bond donors (Lipinski definition) is 3. The second-order valence-electron chi connectivity index (χ2n) is 3.14. The highest BCUT2D eigenvalue weighted by molar-refractivity contribution is 6.29. The van der Waals surface area contributed by atoms with Crippen LogP contribution in [-0.4, -0.2) is 28.5 Å². The molecule has 2 heterocycles. The predicted molar refractivity (Wildman–Crippen MR) is 53.3 cm³/mol. The van der Waals surface area contributed by atoms with Gasteiger partial charge in [0.25, 0.3) is 0 Å². The van der Waals surface area contributed by atoms with Gasteiger partial charge >= 0.3 is 0 Å². The summed E-state index contributed by atoms with van der Waals surface area (Å²) in [7, 11) is 0. The minimum Gasteiger partial charge on any atom is -0.311 e. The Morgan fingerprint density at radius 1 is 1.64 bits per heavy atom. The number of carbonyl (C=O) groups is 1. The summed E-state index contributed by atoms with van der Waals surface area (Å²) in [5, 5.41) is 12.8. The van der Waals surface area contributed by atoms with Crippen molar-refractivity contribution >= 4 is 23.3 Å². The van der Waals surface area contributed by atoms with Gasteiger partial charge in [0, 0.05) is 12.1 Å². The van der Waals surface area contributed by atoms with Gasteiger partial charge in [-0.2, -0.15) is 5.10 Å². The maximum Gasteiger partial charge on any atom is 0.240 e. The molecule has 1 aliphatic heterocycles. The summed E-state index contributed by atoms with van der Waals surface area (Å²) in [4.78, 5) is 11.1. The van der Waals surface area contributed by atoms with Gasteiger partial charge in [-0.3, -0.25) is 9.89 Å². The molecule has 0 fully saturated rings. The minimum absolute atomic E-state index is 0.0418. The monoisotopic (exact) mass is 214 g/mol. The van der Waals surface area contributed by atoms with Crippen molar-refractivity contribution in [3.8, 4) is 0 Å². The van der Waals surface area contributed by atoms with Crippen molar-refractivity contribution < 1.29 is 4.79 Å². The van der Waals surface area contributed by atoms with Crippen molar-refractivity contribution in [2.45, 2.75) is 13.0 Å². The van der Waals surface area contributed by atoms with Crippen LogP contribution in [-0.2, 0) is 17.8 Å². The van der Waals surface area contributed by atoms with E-state index in [4.69, 9.17) is 11.6 Å². The lowest BCUT2D eigenvalue weighted by atomic mass is 10.1. The fourth-order valence-corrected chi connectivity index (χ4v) is 1.58. The first-order valence-corrected chi connectivity index (χ1v) is 4.97. The van der Waals surface area contributed by atoms with Crippen molar-refractivity contribution in [3.05, 3.63) is 11.3 Å². The topological polar surface area (TPSA) is 69.8 Å². The SMILES string of the molecule is O=C(CCl)Nc1n[nH]c2c1CCNC2.